The topological polar surface area (TPSA) is 215 Å². The van der Waals surface area contributed by atoms with E-state index in [0.29, 0.717) is 23.5 Å². The van der Waals surface area contributed by atoms with Gasteiger partial charge in [0.2, 0.25) is 5.78 Å². The zero-order chi connectivity index (χ0) is 29.5. The lowest BCUT2D eigenvalue weighted by molar-refractivity contribution is -0.150. The number of nitrogens with zero attached hydrogens (tertiary/aromatic N) is 1. The number of aromatic hydroxyl groups is 1. The molecule has 1 saturated heterocycles. The molecule has 5 aliphatic rings. The van der Waals surface area contributed by atoms with E-state index in [9.17, 15) is 39.9 Å². The van der Waals surface area contributed by atoms with E-state index < -0.39 is 58.0 Å². The van der Waals surface area contributed by atoms with Crippen LogP contribution in [-0.4, -0.2) is 99.9 Å². The van der Waals surface area contributed by atoms with E-state index in [1.807, 2.05) is 7.05 Å². The number of hydrogen-bond donors (Lipinski definition) is 8. The molecular weight excluding hydrogens is 536 g/mol. The molecule has 0 radical (unpaired) electrons. The molecule has 2 aliphatic heterocycles. The summed E-state index contributed by atoms with van der Waals surface area (Å²) in [5, 5.41) is 61.2. The third-order valence-corrected chi connectivity index (χ3v) is 9.65. The van der Waals surface area contributed by atoms with Crippen LogP contribution < -0.4 is 21.1 Å². The van der Waals surface area contributed by atoms with Gasteiger partial charge in [-0.15, -0.1) is 0 Å². The normalized spacial score (nSPS) is 32.5. The monoisotopic (exact) mass is 570 g/mol. The molecule has 2 heterocycles. The molecule has 1 amide bonds. The zero-order valence-corrected chi connectivity index (χ0v) is 22.7. The SMILES string of the molecule is COc1c2c(c(O)c3c1C1C(CCN1C)CN3)C(O)=C1C(=O)[C@]3(O)C(O)=C(C(N)=O)C(=O)[C@@H](NCCO)[C@@H]3C[C@@H]1C2. The Labute approximate surface area is 235 Å². The highest BCUT2D eigenvalue weighted by atomic mass is 16.5. The summed E-state index contributed by atoms with van der Waals surface area (Å²) in [6.07, 6.45) is 1.03. The molecule has 0 spiro atoms. The van der Waals surface area contributed by atoms with Crippen LogP contribution in [0.15, 0.2) is 16.9 Å². The van der Waals surface area contributed by atoms with Crippen molar-refractivity contribution in [2.24, 2.45) is 23.5 Å². The van der Waals surface area contributed by atoms with Gasteiger partial charge in [-0.2, -0.15) is 0 Å². The maximum Gasteiger partial charge on any atom is 0.255 e. The molecule has 13 heteroatoms. The van der Waals surface area contributed by atoms with Crippen LogP contribution in [0.2, 0.25) is 0 Å². The van der Waals surface area contributed by atoms with Crippen LogP contribution in [0.25, 0.3) is 5.76 Å². The van der Waals surface area contributed by atoms with Crippen molar-refractivity contribution >= 4 is 28.9 Å². The first-order valence-corrected chi connectivity index (χ1v) is 13.7. The van der Waals surface area contributed by atoms with Crippen LogP contribution in [-0.2, 0) is 20.8 Å². The van der Waals surface area contributed by atoms with Gasteiger partial charge in [0.25, 0.3) is 5.91 Å². The summed E-state index contributed by atoms with van der Waals surface area (Å²) in [6.45, 7) is 0.995. The number of nitrogens with one attached hydrogen (secondary N) is 2. The zero-order valence-electron chi connectivity index (χ0n) is 22.7. The molecule has 6 atom stereocenters. The number of aliphatic hydroxyl groups is 4. The molecule has 1 aromatic carbocycles. The minimum Gasteiger partial charge on any atom is -0.508 e. The van der Waals surface area contributed by atoms with Crippen LogP contribution in [0.1, 0.15) is 35.6 Å². The number of aliphatic hydroxyl groups excluding tert-OH is 3. The number of anilines is 1. The number of likely N-dealkylation sites (tertiary alicyclic amines) is 1. The Balaban J connectivity index is 1.55. The van der Waals surface area contributed by atoms with Crippen molar-refractivity contribution in [3.8, 4) is 11.5 Å². The molecule has 9 N–H and O–H groups in total. The van der Waals surface area contributed by atoms with Gasteiger partial charge < -0.3 is 46.6 Å². The molecule has 13 nitrogen and oxygen atoms in total. The van der Waals surface area contributed by atoms with Gasteiger partial charge in [-0.25, -0.2) is 0 Å². The molecule has 0 aromatic heterocycles. The third-order valence-electron chi connectivity index (χ3n) is 9.65. The Morgan fingerprint density at radius 2 is 2.00 bits per heavy atom. The number of primary amides is 1. The van der Waals surface area contributed by atoms with E-state index in [2.05, 4.69) is 15.5 Å². The molecule has 1 aromatic rings. The number of carbonyl (C=O) groups excluding carboxylic acids is 3. The number of nitrogens with two attached hydrogens (primary N) is 1. The van der Waals surface area contributed by atoms with Crippen molar-refractivity contribution in [3.63, 3.8) is 0 Å². The number of carbonyl (C=O) groups is 3. The largest absolute Gasteiger partial charge is 0.508 e. The highest BCUT2D eigenvalue weighted by Gasteiger charge is 2.64. The number of methoxy groups -OCH3 is 1. The fourth-order valence-electron chi connectivity index (χ4n) is 7.88. The number of phenolic OH excluding ortho intramolecular Hbond substituents is 1. The van der Waals surface area contributed by atoms with Crippen molar-refractivity contribution in [3.05, 3.63) is 33.6 Å². The fraction of sp³-hybridized carbons (Fsp3) is 0.536. The molecule has 6 rings (SSSR count). The summed E-state index contributed by atoms with van der Waals surface area (Å²) in [6, 6.07) is -1.35. The average molecular weight is 571 g/mol. The van der Waals surface area contributed by atoms with E-state index in [0.717, 1.165) is 18.5 Å². The van der Waals surface area contributed by atoms with E-state index in [1.54, 1.807) is 0 Å². The van der Waals surface area contributed by atoms with Gasteiger partial charge in [0.05, 0.1) is 31.0 Å². The Bertz CT molecular complexity index is 1450. The van der Waals surface area contributed by atoms with Gasteiger partial charge in [0.1, 0.15) is 22.8 Å². The summed E-state index contributed by atoms with van der Waals surface area (Å²) in [5.41, 5.74) is 3.12. The number of fused-ring (bicyclic) bond motifs is 6. The third kappa shape index (κ3) is 3.52. The summed E-state index contributed by atoms with van der Waals surface area (Å²) < 4.78 is 5.91. The van der Waals surface area contributed by atoms with Gasteiger partial charge in [-0.3, -0.25) is 19.3 Å². The average Bonchev–Trinajstić information content (AvgIpc) is 3.31. The predicted octanol–water partition coefficient (Wildman–Crippen LogP) is -0.589. The van der Waals surface area contributed by atoms with Crippen molar-refractivity contribution in [2.75, 3.05) is 45.7 Å². The number of ketones is 2. The molecule has 41 heavy (non-hydrogen) atoms. The number of rotatable bonds is 5. The van der Waals surface area contributed by atoms with Gasteiger partial charge in [-0.1, -0.05) is 0 Å². The number of benzene rings is 1. The van der Waals surface area contributed by atoms with Crippen molar-refractivity contribution in [1.82, 2.24) is 10.2 Å². The standard InChI is InChI=1S/C28H34N4O9/c1-32-5-3-10-9-31-19-16(20(10)32)24(41-2)12-7-11-8-13-18(30-4-6-33)23(36)17(27(29)39)26(38)28(13,40)25(37)14(11)21(34)15(12)22(19)35/h10-11,13,18,20,30-31,33-35,38,40H,3-9H2,1-2H3,(H2,29,39)/t10?,11-,13-,18-,20?,28-/m0/s1. The number of amides is 1. The highest BCUT2D eigenvalue weighted by Crippen LogP contribution is 2.58. The number of phenols is 1. The Hall–Kier alpha value is -3.65. The smallest absolute Gasteiger partial charge is 0.255 e. The summed E-state index contributed by atoms with van der Waals surface area (Å²) in [7, 11) is 3.52. The molecule has 1 saturated carbocycles. The Kier molecular flexibility index (Phi) is 6.34. The molecule has 2 fully saturated rings. The second-order valence-corrected chi connectivity index (χ2v) is 11.6. The fourth-order valence-corrected chi connectivity index (χ4v) is 7.88. The van der Waals surface area contributed by atoms with Crippen LogP contribution in [0.4, 0.5) is 5.69 Å². The maximum atomic E-state index is 14.0. The minimum absolute atomic E-state index is 0.00529. The molecular formula is C28H34N4O9. The van der Waals surface area contributed by atoms with Crippen molar-refractivity contribution in [1.29, 1.82) is 0 Å². The maximum absolute atomic E-state index is 14.0. The second kappa shape index (κ2) is 9.44. The minimum atomic E-state index is -2.76. The van der Waals surface area contributed by atoms with Gasteiger partial charge >= 0.3 is 0 Å². The first-order valence-electron chi connectivity index (χ1n) is 13.7. The number of hydrogen-bond acceptors (Lipinski definition) is 12. The lowest BCUT2D eigenvalue weighted by Crippen LogP contribution is -2.66. The van der Waals surface area contributed by atoms with Crippen molar-refractivity contribution in [2.45, 2.75) is 36.9 Å². The second-order valence-electron chi connectivity index (χ2n) is 11.6. The van der Waals surface area contributed by atoms with Gasteiger partial charge in [-0.05, 0) is 44.7 Å². The van der Waals surface area contributed by atoms with Crippen LogP contribution >= 0.6 is 0 Å². The van der Waals surface area contributed by atoms with E-state index in [4.69, 9.17) is 10.5 Å². The molecule has 3 aliphatic carbocycles. The molecule has 0 bridgehead atoms. The first kappa shape index (κ1) is 27.5. The van der Waals surface area contributed by atoms with Crippen molar-refractivity contribution < 1.29 is 44.7 Å². The Morgan fingerprint density at radius 3 is 2.66 bits per heavy atom. The van der Waals surface area contributed by atoms with Crippen LogP contribution in [0.5, 0.6) is 11.5 Å². The summed E-state index contributed by atoms with van der Waals surface area (Å²) in [4.78, 5) is 41.6. The number of ether oxygens (including phenoxy) is 1. The lowest BCUT2D eigenvalue weighted by Gasteiger charge is -2.49. The summed E-state index contributed by atoms with van der Waals surface area (Å²) >= 11 is 0. The van der Waals surface area contributed by atoms with E-state index >= 15 is 0 Å². The van der Waals surface area contributed by atoms with Gasteiger partial charge in [0, 0.05) is 41.7 Å². The lowest BCUT2D eigenvalue weighted by atomic mass is 9.57. The Morgan fingerprint density at radius 1 is 1.27 bits per heavy atom. The van der Waals surface area contributed by atoms with Gasteiger partial charge in [0.15, 0.2) is 17.1 Å². The quantitative estimate of drug-likeness (QED) is 0.165. The predicted molar refractivity (Wildman–Crippen MR) is 144 cm³/mol. The van der Waals surface area contributed by atoms with E-state index in [1.165, 1.54) is 7.11 Å². The molecule has 2 unspecified atom stereocenters. The van der Waals surface area contributed by atoms with Crippen LogP contribution in [0.3, 0.4) is 0 Å². The first-order chi connectivity index (χ1) is 19.5. The van der Waals surface area contributed by atoms with Crippen LogP contribution in [0, 0.1) is 17.8 Å². The van der Waals surface area contributed by atoms with E-state index in [-0.39, 0.29) is 54.8 Å². The number of Topliss-reactive ketones (excluding diaryl/α,β-unsaturated/α-hetero) is 2. The molecule has 220 valence electrons. The summed E-state index contributed by atoms with van der Waals surface area (Å²) in [5.74, 6) is -6.51. The highest BCUT2D eigenvalue weighted by molar-refractivity contribution is 6.24.